The molecule has 0 bridgehead atoms. The van der Waals surface area contributed by atoms with E-state index in [0.717, 1.165) is 71.7 Å². The highest BCUT2D eigenvalue weighted by Crippen LogP contribution is 2.42. The molecule has 11 rings (SSSR count). The third-order valence-corrected chi connectivity index (χ3v) is 10.9. The van der Waals surface area contributed by atoms with Gasteiger partial charge in [0, 0.05) is 69.5 Å². The second-order valence-corrected chi connectivity index (χ2v) is 13.8. The maximum atomic E-state index is 6.72. The zero-order valence-electron chi connectivity index (χ0n) is 27.0. The number of furan rings is 2. The quantitative estimate of drug-likeness (QED) is 0.186. The molecule has 0 saturated heterocycles. The molecule has 4 aromatic heterocycles. The average Bonchev–Trinajstić information content (AvgIpc) is 3.89. The Morgan fingerprint density at radius 2 is 0.902 bits per heavy atom. The van der Waals surface area contributed by atoms with E-state index in [-0.39, 0.29) is 0 Å². The smallest absolute Gasteiger partial charge is 0.164 e. The molecule has 0 unspecified atom stereocenters. The lowest BCUT2D eigenvalue weighted by Crippen LogP contribution is -2.00. The van der Waals surface area contributed by atoms with E-state index in [1.807, 2.05) is 54.6 Å². The van der Waals surface area contributed by atoms with E-state index in [9.17, 15) is 0 Å². The summed E-state index contributed by atoms with van der Waals surface area (Å²) in [6.45, 7) is 0. The summed E-state index contributed by atoms with van der Waals surface area (Å²) < 4.78 is 15.6. The van der Waals surface area contributed by atoms with E-state index in [0.29, 0.717) is 17.5 Å². The highest BCUT2D eigenvalue weighted by molar-refractivity contribution is 7.25. The molecule has 11 aromatic rings. The topological polar surface area (TPSA) is 65.0 Å². The second-order valence-electron chi connectivity index (χ2n) is 12.8. The van der Waals surface area contributed by atoms with Crippen LogP contribution in [0.15, 0.2) is 160 Å². The van der Waals surface area contributed by atoms with Crippen molar-refractivity contribution in [3.05, 3.63) is 152 Å². The Balaban J connectivity index is 1.08. The van der Waals surface area contributed by atoms with Gasteiger partial charge in [-0.25, -0.2) is 15.0 Å². The van der Waals surface area contributed by atoms with Gasteiger partial charge < -0.3 is 8.83 Å². The third kappa shape index (κ3) is 4.43. The summed E-state index contributed by atoms with van der Waals surface area (Å²) in [5.74, 6) is 1.84. The summed E-state index contributed by atoms with van der Waals surface area (Å²) in [4.78, 5) is 15.1. The van der Waals surface area contributed by atoms with Crippen molar-refractivity contribution < 1.29 is 8.83 Å². The van der Waals surface area contributed by atoms with E-state index >= 15 is 0 Å². The monoisotopic (exact) mass is 671 g/mol. The van der Waals surface area contributed by atoms with Crippen molar-refractivity contribution in [2.24, 2.45) is 0 Å². The SMILES string of the molecule is c1ccc(-c2nc(-c3ccc4c(c3)oc3c(-c5cccc6c5oc5ccccc56)cccc34)nc(-c3ccc4sc5ccccc5c4c3)n2)cc1. The lowest BCUT2D eigenvalue weighted by Gasteiger charge is -2.08. The number of thiophene rings is 1. The fraction of sp³-hybridized carbons (Fsp3) is 0. The molecule has 0 radical (unpaired) electrons. The molecule has 0 fully saturated rings. The van der Waals surface area contributed by atoms with Gasteiger partial charge in [-0.1, -0.05) is 109 Å². The first-order valence-electron chi connectivity index (χ1n) is 16.8. The lowest BCUT2D eigenvalue weighted by atomic mass is 10.00. The predicted molar refractivity (Wildman–Crippen MR) is 209 cm³/mol. The maximum absolute atomic E-state index is 6.72. The fourth-order valence-electron chi connectivity index (χ4n) is 7.32. The summed E-state index contributed by atoms with van der Waals surface area (Å²) in [6, 6.07) is 52.1. The van der Waals surface area contributed by atoms with Gasteiger partial charge in [0.2, 0.25) is 0 Å². The minimum Gasteiger partial charge on any atom is -0.455 e. The Kier molecular flexibility index (Phi) is 6.05. The number of rotatable bonds is 4. The maximum Gasteiger partial charge on any atom is 0.164 e. The van der Waals surface area contributed by atoms with Crippen LogP contribution in [0.25, 0.3) is 109 Å². The van der Waals surface area contributed by atoms with Crippen molar-refractivity contribution in [1.29, 1.82) is 0 Å². The van der Waals surface area contributed by atoms with E-state index < -0.39 is 0 Å². The molecular weight excluding hydrogens is 647 g/mol. The summed E-state index contributed by atoms with van der Waals surface area (Å²) in [6.07, 6.45) is 0. The van der Waals surface area contributed by atoms with Crippen LogP contribution in [0, 0.1) is 0 Å². The second kappa shape index (κ2) is 10.9. The van der Waals surface area contributed by atoms with Gasteiger partial charge in [0.05, 0.1) is 0 Å². The van der Waals surface area contributed by atoms with Crippen molar-refractivity contribution >= 4 is 75.4 Å². The molecule has 238 valence electrons. The number of hydrogen-bond donors (Lipinski definition) is 0. The van der Waals surface area contributed by atoms with Crippen molar-refractivity contribution in [2.75, 3.05) is 0 Å². The van der Waals surface area contributed by atoms with Gasteiger partial charge in [-0.2, -0.15) is 0 Å². The molecule has 0 aliphatic rings. The Bertz CT molecular complexity index is 3160. The number of aromatic nitrogens is 3. The van der Waals surface area contributed by atoms with Crippen molar-refractivity contribution in [2.45, 2.75) is 0 Å². The van der Waals surface area contributed by atoms with Crippen molar-refractivity contribution in [1.82, 2.24) is 15.0 Å². The van der Waals surface area contributed by atoms with Gasteiger partial charge in [0.1, 0.15) is 22.3 Å². The van der Waals surface area contributed by atoms with E-state index in [2.05, 4.69) is 97.1 Å². The number of benzene rings is 7. The predicted octanol–water partition coefficient (Wildman–Crippen LogP) is 12.7. The highest BCUT2D eigenvalue weighted by atomic mass is 32.1. The standard InChI is InChI=1S/C45H25N3O2S/c1-2-10-26(11-3-1)43-46-44(27-21-23-40-36(24-27)31-13-5-7-19-39(31)51-40)48-45(47-43)28-20-22-30-33-15-9-17-35(42(33)50-38(30)25-28)34-16-8-14-32-29-12-4-6-18-37(29)49-41(32)34/h1-25H. The molecule has 0 atom stereocenters. The molecule has 0 N–H and O–H groups in total. The first-order valence-corrected chi connectivity index (χ1v) is 17.7. The summed E-state index contributed by atoms with van der Waals surface area (Å²) in [7, 11) is 0. The minimum atomic E-state index is 0.587. The fourth-order valence-corrected chi connectivity index (χ4v) is 8.41. The minimum absolute atomic E-state index is 0.587. The van der Waals surface area contributed by atoms with Crippen LogP contribution in [0.1, 0.15) is 0 Å². The molecule has 0 amide bonds. The molecular formula is C45H25N3O2S. The normalized spacial score (nSPS) is 11.9. The number of hydrogen-bond acceptors (Lipinski definition) is 6. The Hall–Kier alpha value is -6.63. The zero-order valence-corrected chi connectivity index (χ0v) is 27.8. The molecule has 0 spiro atoms. The van der Waals surface area contributed by atoms with Gasteiger partial charge in [0.25, 0.3) is 0 Å². The van der Waals surface area contributed by atoms with Crippen LogP contribution in [0.2, 0.25) is 0 Å². The van der Waals surface area contributed by atoms with Gasteiger partial charge >= 0.3 is 0 Å². The molecule has 0 saturated carbocycles. The number of para-hydroxylation sites is 3. The summed E-state index contributed by atoms with van der Waals surface area (Å²) >= 11 is 1.80. The molecule has 0 aliphatic heterocycles. The lowest BCUT2D eigenvalue weighted by molar-refractivity contribution is 0.665. The van der Waals surface area contributed by atoms with Gasteiger partial charge in [-0.3, -0.25) is 0 Å². The summed E-state index contributed by atoms with van der Waals surface area (Å²) in [5.41, 5.74) is 8.02. The van der Waals surface area contributed by atoms with Crippen LogP contribution in [0.5, 0.6) is 0 Å². The van der Waals surface area contributed by atoms with E-state index in [4.69, 9.17) is 23.8 Å². The Morgan fingerprint density at radius 1 is 0.353 bits per heavy atom. The molecule has 0 aliphatic carbocycles. The molecule has 51 heavy (non-hydrogen) atoms. The van der Waals surface area contributed by atoms with Crippen molar-refractivity contribution in [3.8, 4) is 45.3 Å². The highest BCUT2D eigenvalue weighted by Gasteiger charge is 2.19. The van der Waals surface area contributed by atoms with Crippen LogP contribution in [-0.4, -0.2) is 15.0 Å². The zero-order chi connectivity index (χ0) is 33.5. The van der Waals surface area contributed by atoms with E-state index in [1.165, 1.54) is 20.2 Å². The largest absolute Gasteiger partial charge is 0.455 e. The Morgan fingerprint density at radius 3 is 1.67 bits per heavy atom. The van der Waals surface area contributed by atoms with Crippen LogP contribution >= 0.6 is 11.3 Å². The van der Waals surface area contributed by atoms with Gasteiger partial charge in [0.15, 0.2) is 17.5 Å². The molecule has 7 aromatic carbocycles. The first kappa shape index (κ1) is 28.2. The van der Waals surface area contributed by atoms with Crippen molar-refractivity contribution in [3.63, 3.8) is 0 Å². The van der Waals surface area contributed by atoms with Crippen LogP contribution in [0.4, 0.5) is 0 Å². The first-order chi connectivity index (χ1) is 25.2. The van der Waals surface area contributed by atoms with Crippen LogP contribution in [0.3, 0.4) is 0 Å². The van der Waals surface area contributed by atoms with Crippen LogP contribution < -0.4 is 0 Å². The molecule has 5 nitrogen and oxygen atoms in total. The Labute approximate surface area is 295 Å². The number of nitrogens with zero attached hydrogens (tertiary/aromatic N) is 3. The van der Waals surface area contributed by atoms with Crippen LogP contribution in [-0.2, 0) is 0 Å². The molecule has 4 heterocycles. The number of fused-ring (bicyclic) bond motifs is 9. The summed E-state index contributed by atoms with van der Waals surface area (Å²) in [5, 5.41) is 6.70. The van der Waals surface area contributed by atoms with Gasteiger partial charge in [-0.15, -0.1) is 11.3 Å². The van der Waals surface area contributed by atoms with E-state index in [1.54, 1.807) is 11.3 Å². The van der Waals surface area contributed by atoms with Gasteiger partial charge in [-0.05, 0) is 42.5 Å². The molecule has 6 heteroatoms. The average molecular weight is 672 g/mol. The third-order valence-electron chi connectivity index (χ3n) is 9.75.